The lowest BCUT2D eigenvalue weighted by atomic mass is 10.1. The summed E-state index contributed by atoms with van der Waals surface area (Å²) in [7, 11) is 0. The van der Waals surface area contributed by atoms with Crippen LogP contribution in [0.15, 0.2) is 48.8 Å². The van der Waals surface area contributed by atoms with Gasteiger partial charge in [0, 0.05) is 24.1 Å². The van der Waals surface area contributed by atoms with E-state index < -0.39 is 0 Å². The molecule has 0 radical (unpaired) electrons. The summed E-state index contributed by atoms with van der Waals surface area (Å²) in [6.45, 7) is 0. The molecule has 1 N–H and O–H groups in total. The fourth-order valence-corrected chi connectivity index (χ4v) is 2.28. The lowest BCUT2D eigenvalue weighted by Gasteiger charge is -2.05. The van der Waals surface area contributed by atoms with Crippen LogP contribution >= 0.6 is 0 Å². The Kier molecular flexibility index (Phi) is 3.10. The van der Waals surface area contributed by atoms with Crippen LogP contribution in [0.4, 0.5) is 4.39 Å². The number of nitrogens with one attached hydrogen (secondary N) is 1. The van der Waals surface area contributed by atoms with Crippen molar-refractivity contribution in [3.63, 3.8) is 0 Å². The fourth-order valence-electron chi connectivity index (χ4n) is 2.28. The summed E-state index contributed by atoms with van der Waals surface area (Å²) in [5, 5.41) is 13.8. The predicted octanol–water partition coefficient (Wildman–Crippen LogP) is 1.75. The van der Waals surface area contributed by atoms with Crippen LogP contribution in [0.2, 0.25) is 0 Å². The Balaban J connectivity index is 1.63. The fraction of sp³-hybridized carbons (Fsp3) is 0.200. The Morgan fingerprint density at radius 3 is 2.75 bits per heavy atom. The van der Waals surface area contributed by atoms with Crippen LogP contribution in [-0.4, -0.2) is 11.9 Å². The molecule has 0 bridgehead atoms. The molecule has 4 nitrogen and oxygen atoms in total. The third-order valence-corrected chi connectivity index (χ3v) is 3.45. The summed E-state index contributed by atoms with van der Waals surface area (Å²) in [5.74, 6) is -0.306. The molecule has 1 aromatic heterocycles. The summed E-state index contributed by atoms with van der Waals surface area (Å²) in [6.07, 6.45) is 3.38. The minimum Gasteiger partial charge on any atom is -0.619 e. The van der Waals surface area contributed by atoms with Gasteiger partial charge in [0.15, 0.2) is 12.4 Å². The van der Waals surface area contributed by atoms with E-state index in [4.69, 9.17) is 0 Å². The van der Waals surface area contributed by atoms with Gasteiger partial charge in [-0.1, -0.05) is 12.1 Å². The second kappa shape index (κ2) is 4.92. The van der Waals surface area contributed by atoms with Crippen LogP contribution in [0.25, 0.3) is 0 Å². The van der Waals surface area contributed by atoms with Gasteiger partial charge in [0.25, 0.3) is 5.91 Å². The zero-order chi connectivity index (χ0) is 14.1. The van der Waals surface area contributed by atoms with Crippen LogP contribution in [-0.2, 0) is 0 Å². The van der Waals surface area contributed by atoms with Crippen molar-refractivity contribution < 1.29 is 13.9 Å². The molecule has 1 heterocycles. The lowest BCUT2D eigenvalue weighted by molar-refractivity contribution is -0.605. The number of aromatic nitrogens is 1. The first-order chi connectivity index (χ1) is 9.63. The lowest BCUT2D eigenvalue weighted by Crippen LogP contribution is -2.29. The Bertz CT molecular complexity index is 643. The third kappa shape index (κ3) is 2.61. The molecule has 3 rings (SSSR count). The van der Waals surface area contributed by atoms with Crippen LogP contribution in [0.3, 0.4) is 0 Å². The zero-order valence-electron chi connectivity index (χ0n) is 10.6. The molecule has 2 aromatic rings. The maximum absolute atomic E-state index is 13.1. The molecule has 1 amide bonds. The van der Waals surface area contributed by atoms with E-state index in [0.717, 1.165) is 12.0 Å². The van der Waals surface area contributed by atoms with Crippen molar-refractivity contribution in [2.45, 2.75) is 18.4 Å². The van der Waals surface area contributed by atoms with Crippen molar-refractivity contribution >= 4 is 5.91 Å². The quantitative estimate of drug-likeness (QED) is 0.683. The van der Waals surface area contributed by atoms with E-state index in [2.05, 4.69) is 5.32 Å². The first-order valence-electron chi connectivity index (χ1n) is 6.38. The predicted molar refractivity (Wildman–Crippen MR) is 70.4 cm³/mol. The highest BCUT2D eigenvalue weighted by molar-refractivity contribution is 5.94. The molecule has 102 valence electrons. The molecule has 5 heteroatoms. The number of pyridine rings is 1. The van der Waals surface area contributed by atoms with Crippen molar-refractivity contribution in [1.29, 1.82) is 0 Å². The molecule has 1 fully saturated rings. The maximum atomic E-state index is 13.1. The standard InChI is InChI=1S/C15H13FN2O2/c16-12-3-1-2-11(8-12)13-9-14(13)17-15(19)10-4-6-18(20)7-5-10/h1-8,13-14H,9H2,(H,17,19)/t13-,14-/m1/s1. The Morgan fingerprint density at radius 1 is 1.30 bits per heavy atom. The molecular formula is C15H13FN2O2. The highest BCUT2D eigenvalue weighted by Gasteiger charge is 2.39. The Labute approximate surface area is 115 Å². The SMILES string of the molecule is O=C(N[C@@H]1C[C@@H]1c1cccc(F)c1)c1cc[n+]([O-])cc1. The number of benzene rings is 1. The highest BCUT2D eigenvalue weighted by atomic mass is 19.1. The number of carbonyl (C=O) groups excluding carboxylic acids is 1. The van der Waals surface area contributed by atoms with Crippen molar-refractivity contribution in [3.8, 4) is 0 Å². The molecule has 0 aliphatic heterocycles. The van der Waals surface area contributed by atoms with Gasteiger partial charge >= 0.3 is 0 Å². The van der Waals surface area contributed by atoms with Gasteiger partial charge in [0.1, 0.15) is 5.82 Å². The van der Waals surface area contributed by atoms with Gasteiger partial charge in [-0.2, -0.15) is 4.73 Å². The third-order valence-electron chi connectivity index (χ3n) is 3.45. The highest BCUT2D eigenvalue weighted by Crippen LogP contribution is 2.40. The van der Waals surface area contributed by atoms with Gasteiger partial charge in [-0.15, -0.1) is 0 Å². The minimum atomic E-state index is -0.262. The molecule has 1 aliphatic rings. The van der Waals surface area contributed by atoms with Crippen LogP contribution in [0.5, 0.6) is 0 Å². The smallest absolute Gasteiger partial charge is 0.251 e. The van der Waals surface area contributed by atoms with E-state index in [0.29, 0.717) is 10.3 Å². The van der Waals surface area contributed by atoms with Crippen molar-refractivity contribution in [2.24, 2.45) is 0 Å². The average Bonchev–Trinajstić information content (AvgIpc) is 3.18. The number of hydrogen-bond acceptors (Lipinski definition) is 2. The van der Waals surface area contributed by atoms with Gasteiger partial charge in [0.05, 0.1) is 5.56 Å². The largest absolute Gasteiger partial charge is 0.619 e. The number of halogens is 1. The first-order valence-corrected chi connectivity index (χ1v) is 6.38. The normalized spacial score (nSPS) is 20.4. The van der Waals surface area contributed by atoms with Gasteiger partial charge in [0.2, 0.25) is 0 Å². The number of nitrogens with zero attached hydrogens (tertiary/aromatic N) is 1. The summed E-state index contributed by atoms with van der Waals surface area (Å²) in [6, 6.07) is 9.42. The van der Waals surface area contributed by atoms with E-state index >= 15 is 0 Å². The van der Waals surface area contributed by atoms with Crippen molar-refractivity contribution in [3.05, 3.63) is 70.9 Å². The van der Waals surface area contributed by atoms with E-state index in [1.54, 1.807) is 6.07 Å². The molecule has 2 atom stereocenters. The summed E-state index contributed by atoms with van der Waals surface area (Å²) in [5.41, 5.74) is 1.35. The maximum Gasteiger partial charge on any atom is 0.251 e. The zero-order valence-corrected chi connectivity index (χ0v) is 10.6. The van der Waals surface area contributed by atoms with Gasteiger partial charge < -0.3 is 10.5 Å². The van der Waals surface area contributed by atoms with Crippen LogP contribution in [0, 0.1) is 11.0 Å². The number of hydrogen-bond donors (Lipinski definition) is 1. The van der Waals surface area contributed by atoms with Crippen molar-refractivity contribution in [1.82, 2.24) is 5.32 Å². The second-order valence-electron chi connectivity index (χ2n) is 4.92. The van der Waals surface area contributed by atoms with Gasteiger partial charge in [-0.25, -0.2) is 4.39 Å². The minimum absolute atomic E-state index is 0.0314. The van der Waals surface area contributed by atoms with E-state index in [1.165, 1.54) is 36.7 Å². The average molecular weight is 272 g/mol. The first kappa shape index (κ1) is 12.6. The monoisotopic (exact) mass is 272 g/mol. The Morgan fingerprint density at radius 2 is 2.05 bits per heavy atom. The summed E-state index contributed by atoms with van der Waals surface area (Å²) in [4.78, 5) is 12.0. The van der Waals surface area contributed by atoms with E-state index in [1.807, 2.05) is 6.07 Å². The number of rotatable bonds is 3. The topological polar surface area (TPSA) is 56.0 Å². The summed E-state index contributed by atoms with van der Waals surface area (Å²) < 4.78 is 13.8. The van der Waals surface area contributed by atoms with Gasteiger partial charge in [-0.05, 0) is 24.1 Å². The Hall–Kier alpha value is -2.43. The molecule has 1 aliphatic carbocycles. The molecular weight excluding hydrogens is 259 g/mol. The van der Waals surface area contributed by atoms with Crippen molar-refractivity contribution in [2.75, 3.05) is 0 Å². The second-order valence-corrected chi connectivity index (χ2v) is 4.92. The molecule has 1 saturated carbocycles. The molecule has 0 saturated heterocycles. The van der Waals surface area contributed by atoms with Crippen LogP contribution in [0.1, 0.15) is 28.3 Å². The number of amides is 1. The molecule has 0 spiro atoms. The van der Waals surface area contributed by atoms with E-state index in [-0.39, 0.29) is 23.7 Å². The van der Waals surface area contributed by atoms with Crippen LogP contribution < -0.4 is 10.0 Å². The van der Waals surface area contributed by atoms with E-state index in [9.17, 15) is 14.4 Å². The van der Waals surface area contributed by atoms with Gasteiger partial charge in [-0.3, -0.25) is 4.79 Å². The summed E-state index contributed by atoms with van der Waals surface area (Å²) >= 11 is 0. The molecule has 1 aromatic carbocycles. The molecule has 0 unspecified atom stereocenters. The number of carbonyl (C=O) groups is 1. The molecule has 20 heavy (non-hydrogen) atoms.